The van der Waals surface area contributed by atoms with Crippen molar-refractivity contribution in [3.05, 3.63) is 16.3 Å². The largest absolute Gasteiger partial charge is 0.353 e. The van der Waals surface area contributed by atoms with Gasteiger partial charge in [0.15, 0.2) is 0 Å². The topological polar surface area (TPSA) is 139 Å². The molecular weight excluding hydrogens is 278 g/mol. The summed E-state index contributed by atoms with van der Waals surface area (Å²) in [5.41, 5.74) is 1.90. The number of rotatable bonds is 5. The predicted molar refractivity (Wildman–Crippen MR) is 75.4 cm³/mol. The van der Waals surface area contributed by atoms with Crippen molar-refractivity contribution >= 4 is 23.4 Å². The second kappa shape index (κ2) is 6.31. The van der Waals surface area contributed by atoms with Gasteiger partial charge in [0.05, 0.1) is 4.92 Å². The maximum absolute atomic E-state index is 12.2. The minimum absolute atomic E-state index is 0.0314. The molecule has 1 atom stereocenters. The molecule has 1 amide bonds. The lowest BCUT2D eigenvalue weighted by molar-refractivity contribution is -0.384. The van der Waals surface area contributed by atoms with Crippen LogP contribution >= 0.6 is 0 Å². The zero-order chi connectivity index (χ0) is 15.4. The molecule has 0 saturated carbocycles. The molecule has 10 nitrogen and oxygen atoms in total. The molecule has 0 spiro atoms. The number of nitrogens with one attached hydrogen (secondary N) is 2. The Hall–Kier alpha value is -2.49. The van der Waals surface area contributed by atoms with E-state index in [1.165, 1.54) is 0 Å². The summed E-state index contributed by atoms with van der Waals surface area (Å²) in [7, 11) is 0. The molecule has 2 heterocycles. The van der Waals surface area contributed by atoms with Crippen molar-refractivity contribution in [1.29, 1.82) is 0 Å². The molecule has 4 N–H and O–H groups in total. The Morgan fingerprint density at radius 2 is 2.19 bits per heavy atom. The molecule has 1 aromatic heterocycles. The van der Waals surface area contributed by atoms with Crippen LogP contribution in [0.5, 0.6) is 0 Å². The molecule has 0 aromatic carbocycles. The van der Waals surface area contributed by atoms with Gasteiger partial charge in [0.2, 0.25) is 17.7 Å². The van der Waals surface area contributed by atoms with E-state index in [1.807, 2.05) is 0 Å². The maximum atomic E-state index is 12.2. The summed E-state index contributed by atoms with van der Waals surface area (Å²) in [6, 6.07) is -0.623. The third kappa shape index (κ3) is 3.34. The Balaban J connectivity index is 2.16. The van der Waals surface area contributed by atoms with Crippen LogP contribution < -0.4 is 16.6 Å². The molecule has 1 aromatic rings. The van der Waals surface area contributed by atoms with Gasteiger partial charge in [-0.2, -0.15) is 4.98 Å². The van der Waals surface area contributed by atoms with Gasteiger partial charge >= 0.3 is 5.69 Å². The molecule has 2 rings (SSSR count). The van der Waals surface area contributed by atoms with Crippen molar-refractivity contribution in [1.82, 2.24) is 14.9 Å². The van der Waals surface area contributed by atoms with E-state index >= 15 is 0 Å². The highest BCUT2D eigenvalue weighted by Gasteiger charge is 2.26. The standard InChI is InChI=1S/C11H17N7O3/c1-7(10(19)17-4-2-3-5-17)14-9-8(18(20)21)6-13-11(15-9)16-12/h6-7H,2-5,12H2,1H3,(H2,13,14,15,16). The number of likely N-dealkylation sites (tertiary alicyclic amines) is 1. The SMILES string of the molecule is CC(Nc1nc(NN)ncc1[N+](=O)[O-])C(=O)N1CCCC1. The van der Waals surface area contributed by atoms with Crippen LogP contribution in [-0.2, 0) is 4.79 Å². The number of hydrogen-bond acceptors (Lipinski definition) is 8. The summed E-state index contributed by atoms with van der Waals surface area (Å²) in [4.78, 5) is 31.9. The number of carbonyl (C=O) groups excluding carboxylic acids is 1. The minimum Gasteiger partial charge on any atom is -0.353 e. The fourth-order valence-corrected chi connectivity index (χ4v) is 2.16. The zero-order valence-electron chi connectivity index (χ0n) is 11.6. The van der Waals surface area contributed by atoms with Gasteiger partial charge < -0.3 is 10.2 Å². The van der Waals surface area contributed by atoms with Crippen LogP contribution in [0.25, 0.3) is 0 Å². The van der Waals surface area contributed by atoms with Crippen LogP contribution in [0.4, 0.5) is 17.5 Å². The van der Waals surface area contributed by atoms with Gasteiger partial charge in [-0.25, -0.2) is 10.8 Å². The van der Waals surface area contributed by atoms with Crippen LogP contribution in [0, 0.1) is 10.1 Å². The molecule has 1 saturated heterocycles. The van der Waals surface area contributed by atoms with Crippen LogP contribution in [-0.4, -0.2) is 44.8 Å². The highest BCUT2D eigenvalue weighted by molar-refractivity contribution is 5.84. The van der Waals surface area contributed by atoms with E-state index in [2.05, 4.69) is 20.7 Å². The van der Waals surface area contributed by atoms with Gasteiger partial charge in [-0.3, -0.25) is 20.3 Å². The summed E-state index contributed by atoms with van der Waals surface area (Å²) >= 11 is 0. The van der Waals surface area contributed by atoms with Crippen LogP contribution in [0.2, 0.25) is 0 Å². The van der Waals surface area contributed by atoms with Crippen LogP contribution in [0.3, 0.4) is 0 Å². The third-order valence-electron chi connectivity index (χ3n) is 3.24. The van der Waals surface area contributed by atoms with Crippen molar-refractivity contribution in [3.63, 3.8) is 0 Å². The monoisotopic (exact) mass is 295 g/mol. The summed E-state index contributed by atoms with van der Waals surface area (Å²) in [5, 5.41) is 13.7. The fraction of sp³-hybridized carbons (Fsp3) is 0.545. The lowest BCUT2D eigenvalue weighted by Crippen LogP contribution is -2.40. The molecule has 114 valence electrons. The molecule has 10 heteroatoms. The Morgan fingerprint density at radius 3 is 2.76 bits per heavy atom. The minimum atomic E-state index is -0.623. The number of hydrazine groups is 1. The maximum Gasteiger partial charge on any atom is 0.329 e. The second-order valence-electron chi connectivity index (χ2n) is 4.73. The van der Waals surface area contributed by atoms with Crippen LogP contribution in [0.1, 0.15) is 19.8 Å². The number of nitrogens with two attached hydrogens (primary N) is 1. The number of amides is 1. The van der Waals surface area contributed by atoms with Gasteiger partial charge in [-0.05, 0) is 19.8 Å². The Labute approximate surface area is 120 Å². The van der Waals surface area contributed by atoms with E-state index in [0.29, 0.717) is 13.1 Å². The van der Waals surface area contributed by atoms with E-state index in [0.717, 1.165) is 19.0 Å². The quantitative estimate of drug-likeness (QED) is 0.394. The Morgan fingerprint density at radius 1 is 1.52 bits per heavy atom. The first-order valence-electron chi connectivity index (χ1n) is 6.56. The van der Waals surface area contributed by atoms with Gasteiger partial charge in [0.1, 0.15) is 12.2 Å². The molecule has 1 aliphatic heterocycles. The van der Waals surface area contributed by atoms with Crippen molar-refractivity contribution < 1.29 is 9.72 Å². The number of nitro groups is 1. The first-order chi connectivity index (χ1) is 10.0. The fourth-order valence-electron chi connectivity index (χ4n) is 2.16. The van der Waals surface area contributed by atoms with E-state index in [4.69, 9.17) is 5.84 Å². The lowest BCUT2D eigenvalue weighted by atomic mass is 10.3. The molecule has 0 radical (unpaired) electrons. The molecule has 1 aliphatic rings. The predicted octanol–water partition coefficient (Wildman–Crippen LogP) is 0.0932. The second-order valence-corrected chi connectivity index (χ2v) is 4.73. The van der Waals surface area contributed by atoms with Crippen molar-refractivity contribution in [2.45, 2.75) is 25.8 Å². The van der Waals surface area contributed by atoms with Gasteiger partial charge in [-0.15, -0.1) is 0 Å². The van der Waals surface area contributed by atoms with Gasteiger partial charge in [0.25, 0.3) is 0 Å². The van der Waals surface area contributed by atoms with E-state index in [9.17, 15) is 14.9 Å². The van der Waals surface area contributed by atoms with Gasteiger partial charge in [-0.1, -0.05) is 0 Å². The van der Waals surface area contributed by atoms with Gasteiger partial charge in [0, 0.05) is 13.1 Å². The van der Waals surface area contributed by atoms with Crippen LogP contribution in [0.15, 0.2) is 6.20 Å². The third-order valence-corrected chi connectivity index (χ3v) is 3.24. The first kappa shape index (κ1) is 14.9. The number of nitrogens with zero attached hydrogens (tertiary/aromatic N) is 4. The lowest BCUT2D eigenvalue weighted by Gasteiger charge is -2.21. The van der Waals surface area contributed by atoms with E-state index in [1.54, 1.807) is 11.8 Å². The summed E-state index contributed by atoms with van der Waals surface area (Å²) in [5.74, 6) is 5.07. The van der Waals surface area contributed by atoms with E-state index < -0.39 is 11.0 Å². The first-order valence-corrected chi connectivity index (χ1v) is 6.56. The smallest absolute Gasteiger partial charge is 0.329 e. The highest BCUT2D eigenvalue weighted by atomic mass is 16.6. The average Bonchev–Trinajstić information content (AvgIpc) is 3.00. The number of hydrogen-bond donors (Lipinski definition) is 3. The molecule has 1 unspecified atom stereocenters. The number of aromatic nitrogens is 2. The number of nitrogen functional groups attached to an aromatic ring is 1. The molecule has 0 bridgehead atoms. The zero-order valence-corrected chi connectivity index (χ0v) is 11.6. The Kier molecular flexibility index (Phi) is 4.48. The molecular formula is C11H17N7O3. The van der Waals surface area contributed by atoms with Crippen molar-refractivity contribution in [3.8, 4) is 0 Å². The summed E-state index contributed by atoms with van der Waals surface area (Å²) < 4.78 is 0. The van der Waals surface area contributed by atoms with E-state index in [-0.39, 0.29) is 23.4 Å². The summed E-state index contributed by atoms with van der Waals surface area (Å²) in [6.07, 6.45) is 3.00. The van der Waals surface area contributed by atoms with Crippen molar-refractivity contribution in [2.75, 3.05) is 23.8 Å². The summed E-state index contributed by atoms with van der Waals surface area (Å²) in [6.45, 7) is 3.07. The normalized spacial score (nSPS) is 15.6. The Bertz CT molecular complexity index is 545. The molecule has 0 aliphatic carbocycles. The highest BCUT2D eigenvalue weighted by Crippen LogP contribution is 2.23. The van der Waals surface area contributed by atoms with Crippen molar-refractivity contribution in [2.24, 2.45) is 5.84 Å². The average molecular weight is 295 g/mol. The molecule has 21 heavy (non-hydrogen) atoms. The number of carbonyl (C=O) groups is 1. The number of anilines is 2. The molecule has 1 fully saturated rings.